The van der Waals surface area contributed by atoms with E-state index >= 15 is 0 Å². The van der Waals surface area contributed by atoms with Crippen LogP contribution in [0, 0.1) is 40.4 Å². The van der Waals surface area contributed by atoms with Gasteiger partial charge in [0.2, 0.25) is 5.60 Å². The molecule has 1 aromatic carbocycles. The Morgan fingerprint density at radius 2 is 1.65 bits per heavy atom. The van der Waals surface area contributed by atoms with Crippen molar-refractivity contribution in [3.8, 4) is 17.9 Å². The second kappa shape index (κ2) is 17.8. The quantitative estimate of drug-likeness (QED) is 0.108. The van der Waals surface area contributed by atoms with Crippen molar-refractivity contribution in [2.24, 2.45) is 17.8 Å². The van der Waals surface area contributed by atoms with Gasteiger partial charge < -0.3 is 29.2 Å². The number of nitriles is 2. The van der Waals surface area contributed by atoms with E-state index in [1.807, 2.05) is 19.9 Å². The molecule has 0 amide bonds. The van der Waals surface area contributed by atoms with Crippen LogP contribution in [0.1, 0.15) is 72.6 Å². The predicted octanol–water partition coefficient (Wildman–Crippen LogP) is 4.60. The molecule has 1 aliphatic rings. The number of carbonyl (C=O) groups is 3. The largest absolute Gasteiger partial charge is 0.464 e. The van der Waals surface area contributed by atoms with E-state index in [9.17, 15) is 29.5 Å². The highest BCUT2D eigenvalue weighted by Crippen LogP contribution is 2.48. The van der Waals surface area contributed by atoms with Gasteiger partial charge in [-0.1, -0.05) is 54.4 Å². The number of aromatic nitrogens is 3. The molecule has 1 saturated heterocycles. The molecule has 0 radical (unpaired) electrons. The van der Waals surface area contributed by atoms with Crippen molar-refractivity contribution >= 4 is 37.0 Å². The van der Waals surface area contributed by atoms with Crippen molar-refractivity contribution in [3.05, 3.63) is 54.0 Å². The maximum Gasteiger partial charge on any atom is 0.459 e. The van der Waals surface area contributed by atoms with Crippen LogP contribution in [0.15, 0.2) is 42.7 Å². The Kier molecular flexibility index (Phi) is 13.8. The van der Waals surface area contributed by atoms with Crippen LogP contribution in [0.4, 0.5) is 5.82 Å². The molecule has 1 aliphatic heterocycles. The van der Waals surface area contributed by atoms with Crippen molar-refractivity contribution < 1.29 is 46.9 Å². The number of anilines is 1. The second-order valence-electron chi connectivity index (χ2n) is 13.4. The van der Waals surface area contributed by atoms with Gasteiger partial charge in [-0.05, 0) is 49.2 Å². The highest BCUT2D eigenvalue weighted by molar-refractivity contribution is 7.52. The topological polar surface area (TPSA) is 239 Å². The Labute approximate surface area is 313 Å². The molecule has 3 aromatic rings. The molecule has 4 rings (SSSR count). The Bertz CT molecular complexity index is 1940. The molecule has 18 heteroatoms. The zero-order valence-electron chi connectivity index (χ0n) is 31.3. The van der Waals surface area contributed by atoms with Gasteiger partial charge in [0.25, 0.3) is 0 Å². The average molecular weight is 768 g/mol. The van der Waals surface area contributed by atoms with Crippen LogP contribution in [0.25, 0.3) is 5.52 Å². The van der Waals surface area contributed by atoms with Gasteiger partial charge in [-0.3, -0.25) is 18.9 Å². The van der Waals surface area contributed by atoms with E-state index < -0.39 is 74.1 Å². The van der Waals surface area contributed by atoms with E-state index in [4.69, 9.17) is 33.7 Å². The van der Waals surface area contributed by atoms with E-state index in [0.717, 1.165) is 19.2 Å². The fourth-order valence-corrected chi connectivity index (χ4v) is 6.97. The summed E-state index contributed by atoms with van der Waals surface area (Å²) in [7, 11) is -4.57. The van der Waals surface area contributed by atoms with Gasteiger partial charge in [-0.15, -0.1) is 0 Å². The molecule has 54 heavy (non-hydrogen) atoms. The molecule has 0 aliphatic carbocycles. The molecule has 1 fully saturated rings. The maximum atomic E-state index is 14.5. The molecule has 0 bridgehead atoms. The summed E-state index contributed by atoms with van der Waals surface area (Å²) in [6, 6.07) is 11.5. The molecule has 0 saturated carbocycles. The first-order valence-corrected chi connectivity index (χ1v) is 19.1. The first-order valence-electron chi connectivity index (χ1n) is 17.6. The van der Waals surface area contributed by atoms with Gasteiger partial charge >= 0.3 is 25.7 Å². The molecule has 3 N–H and O–H groups in total. The molecule has 17 nitrogen and oxygen atoms in total. The van der Waals surface area contributed by atoms with Crippen LogP contribution < -0.4 is 15.3 Å². The monoisotopic (exact) mass is 767 g/mol. The summed E-state index contributed by atoms with van der Waals surface area (Å²) < 4.78 is 51.2. The molecule has 290 valence electrons. The number of rotatable bonds is 17. The Morgan fingerprint density at radius 1 is 1.00 bits per heavy atom. The summed E-state index contributed by atoms with van der Waals surface area (Å²) in [4.78, 5) is 43.4. The number of ether oxygens (including phenoxy) is 4. The van der Waals surface area contributed by atoms with Gasteiger partial charge in [0.05, 0.1) is 42.4 Å². The van der Waals surface area contributed by atoms with Gasteiger partial charge in [0, 0.05) is 0 Å². The Balaban J connectivity index is 1.76. The third-order valence-corrected chi connectivity index (χ3v) is 10.5. The zero-order valence-corrected chi connectivity index (χ0v) is 32.1. The maximum absolute atomic E-state index is 14.5. The number of carbonyl (C=O) groups excluding carboxylic acids is 3. The summed E-state index contributed by atoms with van der Waals surface area (Å²) in [5, 5.41) is 27.0. The normalized spacial score (nSPS) is 21.3. The van der Waals surface area contributed by atoms with Gasteiger partial charge in [0.1, 0.15) is 35.8 Å². The lowest BCUT2D eigenvalue weighted by molar-refractivity contribution is -0.173. The van der Waals surface area contributed by atoms with Crippen molar-refractivity contribution in [2.75, 3.05) is 18.9 Å². The van der Waals surface area contributed by atoms with E-state index in [0.29, 0.717) is 11.1 Å². The third kappa shape index (κ3) is 9.35. The molecule has 2 aromatic heterocycles. The number of nitrogens with two attached hydrogens (primary N) is 1. The van der Waals surface area contributed by atoms with E-state index in [1.165, 1.54) is 41.8 Å². The number of hydrogen-bond acceptors (Lipinski definition) is 15. The van der Waals surface area contributed by atoms with Crippen LogP contribution in [0.5, 0.6) is 5.75 Å². The molecule has 0 spiro atoms. The SMILES string of the molecule is CCC(CC)COC(=O)[C@H](C)NP(=O)(OC[C@H]1O[C@@](C#N)(c2ccc3c(N)ncnn23)[C@H](OC(=O)C(C)C)[C@@H]1OC(=O)C(C)C)Oc1ccc(C#N)cc1. The minimum Gasteiger partial charge on any atom is -0.464 e. The highest BCUT2D eigenvalue weighted by Gasteiger charge is 2.63. The zero-order chi connectivity index (χ0) is 39.8. The van der Waals surface area contributed by atoms with Crippen LogP contribution in [0.3, 0.4) is 0 Å². The summed E-state index contributed by atoms with van der Waals surface area (Å²) in [5.74, 6) is -3.28. The number of nitrogen functional groups attached to an aromatic ring is 1. The summed E-state index contributed by atoms with van der Waals surface area (Å²) in [6.07, 6.45) is -1.80. The number of nitrogens with one attached hydrogen (secondary N) is 1. The second-order valence-corrected chi connectivity index (χ2v) is 15.1. The minimum absolute atomic E-state index is 0.0181. The lowest BCUT2D eigenvalue weighted by Crippen LogP contribution is -2.47. The molecular formula is C36H46N7O10P. The molecule has 3 heterocycles. The smallest absolute Gasteiger partial charge is 0.459 e. The van der Waals surface area contributed by atoms with Crippen molar-refractivity contribution in [1.29, 1.82) is 10.5 Å². The highest BCUT2D eigenvalue weighted by atomic mass is 31.2. The summed E-state index contributed by atoms with van der Waals surface area (Å²) in [5.41, 5.74) is 4.56. The van der Waals surface area contributed by atoms with Gasteiger partial charge in [-0.25, -0.2) is 14.1 Å². The number of nitrogens with zero attached hydrogens (tertiary/aromatic N) is 5. The molecule has 6 atom stereocenters. The van der Waals surface area contributed by atoms with E-state index in [-0.39, 0.29) is 29.8 Å². The van der Waals surface area contributed by atoms with Crippen LogP contribution in [-0.4, -0.2) is 70.1 Å². The first kappa shape index (κ1) is 41.7. The third-order valence-electron chi connectivity index (χ3n) is 8.81. The van der Waals surface area contributed by atoms with Gasteiger partial charge in [-0.2, -0.15) is 20.7 Å². The average Bonchev–Trinajstić information content (AvgIpc) is 3.71. The predicted molar refractivity (Wildman–Crippen MR) is 192 cm³/mol. The standard InChI is InChI=1S/C36H46N7O10P/c1-8-24(9-2)17-48-35(46)23(7)42-54(47,53-26-12-10-25(16-37)11-13-26)49-18-28-30(50-33(44)21(3)4)31(51-34(45)22(5)6)36(19-38,52-28)29-15-14-27-32(39)40-20-41-43(27)29/h10-15,20-24,28,30-31H,8-9,17-18H2,1-7H3,(H,42,47)(H2,39,40,41)/t23-,28+,30+,31+,36-,54?/m0/s1. The van der Waals surface area contributed by atoms with E-state index in [2.05, 4.69) is 21.2 Å². The lowest BCUT2D eigenvalue weighted by atomic mass is 9.92. The van der Waals surface area contributed by atoms with Crippen molar-refractivity contribution in [2.45, 2.75) is 91.3 Å². The number of esters is 3. The fourth-order valence-electron chi connectivity index (χ4n) is 5.46. The van der Waals surface area contributed by atoms with Crippen LogP contribution >= 0.6 is 7.75 Å². The lowest BCUT2D eigenvalue weighted by Gasteiger charge is -2.29. The van der Waals surface area contributed by atoms with Crippen LogP contribution in [-0.2, 0) is 48.0 Å². The summed E-state index contributed by atoms with van der Waals surface area (Å²) in [6.45, 7) is 11.2. The van der Waals surface area contributed by atoms with Gasteiger partial charge in [0.15, 0.2) is 18.0 Å². The fraction of sp³-hybridized carbons (Fsp3) is 0.528. The van der Waals surface area contributed by atoms with Crippen molar-refractivity contribution in [3.63, 3.8) is 0 Å². The summed E-state index contributed by atoms with van der Waals surface area (Å²) >= 11 is 0. The minimum atomic E-state index is -4.57. The number of hydrogen-bond donors (Lipinski definition) is 2. The number of benzene rings is 1. The Morgan fingerprint density at radius 3 is 2.24 bits per heavy atom. The van der Waals surface area contributed by atoms with E-state index in [1.54, 1.807) is 33.8 Å². The van der Waals surface area contributed by atoms with Crippen molar-refractivity contribution in [1.82, 2.24) is 19.7 Å². The van der Waals surface area contributed by atoms with Crippen LogP contribution in [0.2, 0.25) is 0 Å². The Hall–Kier alpha value is -5.06. The molecule has 1 unspecified atom stereocenters. The molecular weight excluding hydrogens is 721 g/mol. The first-order chi connectivity index (χ1) is 25.6. The number of fused-ring (bicyclic) bond motifs is 1.